The number of hydrogen-bond donors (Lipinski definition) is 2. The molecular formula is C13H19ClN2O3S. The summed E-state index contributed by atoms with van der Waals surface area (Å²) in [6.07, 6.45) is 1.86. The lowest BCUT2D eigenvalue weighted by Gasteiger charge is -2.18. The van der Waals surface area contributed by atoms with Crippen molar-refractivity contribution in [2.24, 2.45) is 11.7 Å². The van der Waals surface area contributed by atoms with Crippen LogP contribution in [0.25, 0.3) is 0 Å². The Bertz CT molecular complexity index is 602. The standard InChI is InChI=1S/C13H19ClN2O3S/c1-4-8(2)12(15)13(17)16-11-7-9(20(3,18)19)5-6-10(11)14/h5-8,12H,4,15H2,1-3H3,(H,16,17). The number of anilines is 1. The summed E-state index contributed by atoms with van der Waals surface area (Å²) in [6, 6.07) is 3.49. The first kappa shape index (κ1) is 16.9. The monoisotopic (exact) mass is 318 g/mol. The van der Waals surface area contributed by atoms with Crippen LogP contribution in [0.5, 0.6) is 0 Å². The first-order valence-corrected chi connectivity index (χ1v) is 8.49. The minimum Gasteiger partial charge on any atom is -0.323 e. The van der Waals surface area contributed by atoms with E-state index in [2.05, 4.69) is 5.32 Å². The second-order valence-corrected chi connectivity index (χ2v) is 7.24. The van der Waals surface area contributed by atoms with Crippen molar-refractivity contribution < 1.29 is 13.2 Å². The number of halogens is 1. The maximum absolute atomic E-state index is 12.0. The quantitative estimate of drug-likeness (QED) is 0.869. The summed E-state index contributed by atoms with van der Waals surface area (Å²) < 4.78 is 23.0. The highest BCUT2D eigenvalue weighted by Crippen LogP contribution is 2.25. The zero-order valence-electron chi connectivity index (χ0n) is 11.7. The fourth-order valence-corrected chi connectivity index (χ4v) is 2.37. The maximum Gasteiger partial charge on any atom is 0.241 e. The molecule has 2 unspecified atom stereocenters. The number of sulfone groups is 1. The van der Waals surface area contributed by atoms with Gasteiger partial charge in [0.15, 0.2) is 9.84 Å². The smallest absolute Gasteiger partial charge is 0.241 e. The second kappa shape index (κ2) is 6.56. The van der Waals surface area contributed by atoms with Gasteiger partial charge >= 0.3 is 0 Å². The lowest BCUT2D eigenvalue weighted by molar-refractivity contribution is -0.118. The van der Waals surface area contributed by atoms with Gasteiger partial charge < -0.3 is 11.1 Å². The van der Waals surface area contributed by atoms with Crippen LogP contribution in [0.15, 0.2) is 23.1 Å². The summed E-state index contributed by atoms with van der Waals surface area (Å²) in [4.78, 5) is 12.1. The van der Waals surface area contributed by atoms with E-state index in [9.17, 15) is 13.2 Å². The molecule has 0 aliphatic rings. The van der Waals surface area contributed by atoms with Gasteiger partial charge in [-0.05, 0) is 24.1 Å². The van der Waals surface area contributed by atoms with Gasteiger partial charge in [0.2, 0.25) is 5.91 Å². The number of hydrogen-bond acceptors (Lipinski definition) is 4. The SMILES string of the molecule is CCC(C)C(N)C(=O)Nc1cc(S(C)(=O)=O)ccc1Cl. The van der Waals surface area contributed by atoms with Crippen molar-refractivity contribution in [1.82, 2.24) is 0 Å². The van der Waals surface area contributed by atoms with Gasteiger partial charge in [-0.1, -0.05) is 31.9 Å². The molecule has 2 atom stereocenters. The molecule has 20 heavy (non-hydrogen) atoms. The summed E-state index contributed by atoms with van der Waals surface area (Å²) in [5, 5.41) is 2.84. The number of carbonyl (C=O) groups is 1. The van der Waals surface area contributed by atoms with Crippen LogP contribution in [0.2, 0.25) is 5.02 Å². The van der Waals surface area contributed by atoms with Crippen molar-refractivity contribution in [3.8, 4) is 0 Å². The molecule has 0 aliphatic heterocycles. The third kappa shape index (κ3) is 4.19. The van der Waals surface area contributed by atoms with Gasteiger partial charge in [-0.25, -0.2) is 8.42 Å². The average Bonchev–Trinajstić information content (AvgIpc) is 2.38. The molecular weight excluding hydrogens is 300 g/mol. The molecule has 0 saturated carbocycles. The minimum absolute atomic E-state index is 0.0202. The Labute approximate surface area is 124 Å². The highest BCUT2D eigenvalue weighted by molar-refractivity contribution is 7.90. The van der Waals surface area contributed by atoms with E-state index in [0.717, 1.165) is 12.7 Å². The first-order valence-electron chi connectivity index (χ1n) is 6.22. The molecule has 0 heterocycles. The van der Waals surface area contributed by atoms with Crippen LogP contribution in [0.3, 0.4) is 0 Å². The topological polar surface area (TPSA) is 89.3 Å². The third-order valence-corrected chi connectivity index (χ3v) is 4.62. The van der Waals surface area contributed by atoms with Gasteiger partial charge in [-0.15, -0.1) is 0 Å². The molecule has 3 N–H and O–H groups in total. The molecule has 1 aromatic rings. The lowest BCUT2D eigenvalue weighted by Crippen LogP contribution is -2.40. The molecule has 5 nitrogen and oxygen atoms in total. The second-order valence-electron chi connectivity index (χ2n) is 4.81. The van der Waals surface area contributed by atoms with Gasteiger partial charge in [0.25, 0.3) is 0 Å². The highest BCUT2D eigenvalue weighted by Gasteiger charge is 2.20. The molecule has 0 aliphatic carbocycles. The molecule has 1 rings (SSSR count). The zero-order valence-corrected chi connectivity index (χ0v) is 13.3. The highest BCUT2D eigenvalue weighted by atomic mass is 35.5. The van der Waals surface area contributed by atoms with Crippen molar-refractivity contribution in [2.45, 2.75) is 31.2 Å². The zero-order chi connectivity index (χ0) is 15.5. The predicted octanol–water partition coefficient (Wildman–Crippen LogP) is 2.06. The summed E-state index contributed by atoms with van der Waals surface area (Å²) in [6.45, 7) is 3.81. The fourth-order valence-electron chi connectivity index (χ4n) is 1.56. The Balaban J connectivity index is 3.01. The van der Waals surface area contributed by atoms with Gasteiger partial charge in [0.1, 0.15) is 0 Å². The van der Waals surface area contributed by atoms with E-state index in [0.29, 0.717) is 0 Å². The molecule has 0 saturated heterocycles. The van der Waals surface area contributed by atoms with Crippen LogP contribution < -0.4 is 11.1 Å². The van der Waals surface area contributed by atoms with Gasteiger partial charge in [0.05, 0.1) is 21.6 Å². The van der Waals surface area contributed by atoms with Crippen LogP contribution in [0.4, 0.5) is 5.69 Å². The van der Waals surface area contributed by atoms with Crippen molar-refractivity contribution >= 4 is 33.0 Å². The Kier molecular flexibility index (Phi) is 5.56. The van der Waals surface area contributed by atoms with E-state index in [4.69, 9.17) is 17.3 Å². The van der Waals surface area contributed by atoms with Crippen LogP contribution >= 0.6 is 11.6 Å². The molecule has 0 fully saturated rings. The molecule has 0 bridgehead atoms. The number of nitrogens with two attached hydrogens (primary N) is 1. The molecule has 1 amide bonds. The van der Waals surface area contributed by atoms with Gasteiger partial charge in [0, 0.05) is 6.26 Å². The van der Waals surface area contributed by atoms with Gasteiger partial charge in [-0.2, -0.15) is 0 Å². The fraction of sp³-hybridized carbons (Fsp3) is 0.462. The summed E-state index contributed by atoms with van der Waals surface area (Å²) in [5.41, 5.74) is 6.07. The maximum atomic E-state index is 12.0. The molecule has 7 heteroatoms. The molecule has 0 aromatic heterocycles. The summed E-state index contributed by atoms with van der Waals surface area (Å²) in [5.74, 6) is -0.362. The van der Waals surface area contributed by atoms with Crippen molar-refractivity contribution in [3.05, 3.63) is 23.2 Å². The van der Waals surface area contributed by atoms with E-state index in [-0.39, 0.29) is 27.4 Å². The van der Waals surface area contributed by atoms with Crippen molar-refractivity contribution in [1.29, 1.82) is 0 Å². The van der Waals surface area contributed by atoms with E-state index in [1.807, 2.05) is 13.8 Å². The predicted molar refractivity (Wildman–Crippen MR) is 80.6 cm³/mol. The van der Waals surface area contributed by atoms with Crippen LogP contribution in [0, 0.1) is 5.92 Å². The lowest BCUT2D eigenvalue weighted by atomic mass is 9.99. The van der Waals surface area contributed by atoms with E-state index < -0.39 is 15.9 Å². The van der Waals surface area contributed by atoms with E-state index in [1.165, 1.54) is 18.2 Å². The first-order chi connectivity index (χ1) is 9.16. The Morgan fingerprint density at radius 1 is 1.45 bits per heavy atom. The van der Waals surface area contributed by atoms with E-state index >= 15 is 0 Å². The largest absolute Gasteiger partial charge is 0.323 e. The van der Waals surface area contributed by atoms with Crippen LogP contribution in [-0.4, -0.2) is 26.6 Å². The minimum atomic E-state index is -3.36. The molecule has 112 valence electrons. The Morgan fingerprint density at radius 2 is 2.05 bits per heavy atom. The van der Waals surface area contributed by atoms with Crippen LogP contribution in [-0.2, 0) is 14.6 Å². The average molecular weight is 319 g/mol. The number of carbonyl (C=O) groups excluding carboxylic acids is 1. The number of nitrogens with one attached hydrogen (secondary N) is 1. The van der Waals surface area contributed by atoms with Crippen molar-refractivity contribution in [2.75, 3.05) is 11.6 Å². The number of rotatable bonds is 5. The number of amides is 1. The number of benzene rings is 1. The summed E-state index contributed by atoms with van der Waals surface area (Å²) in [7, 11) is -3.36. The Hall–Kier alpha value is -1.11. The Morgan fingerprint density at radius 3 is 2.55 bits per heavy atom. The molecule has 0 radical (unpaired) electrons. The van der Waals surface area contributed by atoms with E-state index in [1.54, 1.807) is 0 Å². The van der Waals surface area contributed by atoms with Crippen molar-refractivity contribution in [3.63, 3.8) is 0 Å². The molecule has 1 aromatic carbocycles. The third-order valence-electron chi connectivity index (χ3n) is 3.18. The van der Waals surface area contributed by atoms with Crippen LogP contribution in [0.1, 0.15) is 20.3 Å². The molecule has 0 spiro atoms. The summed E-state index contributed by atoms with van der Waals surface area (Å²) >= 11 is 5.96. The normalized spacial score (nSPS) is 14.7. The van der Waals surface area contributed by atoms with Gasteiger partial charge in [-0.3, -0.25) is 4.79 Å².